The van der Waals surface area contributed by atoms with Gasteiger partial charge in [0.1, 0.15) is 5.75 Å². The van der Waals surface area contributed by atoms with Crippen molar-refractivity contribution in [1.29, 1.82) is 0 Å². The molecule has 4 rings (SSSR count). The van der Waals surface area contributed by atoms with Crippen LogP contribution in [0.4, 0.5) is 0 Å². The zero-order valence-electron chi connectivity index (χ0n) is 16.3. The zero-order chi connectivity index (χ0) is 18.9. The summed E-state index contributed by atoms with van der Waals surface area (Å²) in [6.45, 7) is 2.15. The van der Waals surface area contributed by atoms with E-state index in [9.17, 15) is 9.59 Å². The lowest BCUT2D eigenvalue weighted by Gasteiger charge is -2.44. The predicted molar refractivity (Wildman–Crippen MR) is 104 cm³/mol. The number of carbonyl (C=O) groups excluding carboxylic acids is 2. The highest BCUT2D eigenvalue weighted by molar-refractivity contribution is 5.95. The minimum Gasteiger partial charge on any atom is -0.497 e. The third-order valence-corrected chi connectivity index (χ3v) is 6.76. The van der Waals surface area contributed by atoms with Crippen LogP contribution in [-0.4, -0.2) is 54.4 Å². The highest BCUT2D eigenvalue weighted by atomic mass is 16.5. The van der Waals surface area contributed by atoms with Gasteiger partial charge in [-0.15, -0.1) is 0 Å². The van der Waals surface area contributed by atoms with Crippen molar-refractivity contribution in [3.8, 4) is 5.75 Å². The van der Waals surface area contributed by atoms with E-state index in [2.05, 4.69) is 4.90 Å². The fourth-order valence-electron chi connectivity index (χ4n) is 5.18. The molecular formula is C22H30N2O3. The molecule has 2 amide bonds. The predicted octanol–water partition coefficient (Wildman–Crippen LogP) is 3.48. The number of rotatable bonds is 3. The molecule has 2 saturated heterocycles. The highest BCUT2D eigenvalue weighted by Crippen LogP contribution is 2.42. The lowest BCUT2D eigenvalue weighted by molar-refractivity contribution is -0.149. The minimum absolute atomic E-state index is 0.0251. The summed E-state index contributed by atoms with van der Waals surface area (Å²) < 4.78 is 5.17. The molecule has 0 radical (unpaired) electrons. The van der Waals surface area contributed by atoms with E-state index in [1.807, 2.05) is 29.2 Å². The van der Waals surface area contributed by atoms with Gasteiger partial charge in [-0.25, -0.2) is 0 Å². The lowest BCUT2D eigenvalue weighted by Crippen LogP contribution is -2.54. The van der Waals surface area contributed by atoms with Crippen molar-refractivity contribution >= 4 is 11.8 Å². The van der Waals surface area contributed by atoms with Crippen LogP contribution in [0, 0.1) is 5.41 Å². The molecule has 5 heteroatoms. The van der Waals surface area contributed by atoms with E-state index in [1.54, 1.807) is 7.11 Å². The summed E-state index contributed by atoms with van der Waals surface area (Å²) in [5.41, 5.74) is 0.318. The monoisotopic (exact) mass is 370 g/mol. The first-order chi connectivity index (χ1) is 13.1. The van der Waals surface area contributed by atoms with Crippen molar-refractivity contribution in [2.75, 3.05) is 26.7 Å². The van der Waals surface area contributed by atoms with Crippen LogP contribution in [0.3, 0.4) is 0 Å². The molecule has 146 valence electrons. The van der Waals surface area contributed by atoms with Gasteiger partial charge in [-0.2, -0.15) is 0 Å². The summed E-state index contributed by atoms with van der Waals surface area (Å²) in [5, 5.41) is 0. The number of hydrogen-bond donors (Lipinski definition) is 0. The maximum Gasteiger partial charge on any atom is 0.253 e. The first-order valence-electron chi connectivity index (χ1n) is 10.4. The van der Waals surface area contributed by atoms with E-state index in [-0.39, 0.29) is 11.3 Å². The number of ether oxygens (including phenoxy) is 1. The second-order valence-corrected chi connectivity index (χ2v) is 8.38. The first-order valence-corrected chi connectivity index (χ1v) is 10.4. The maximum absolute atomic E-state index is 13.4. The molecule has 5 nitrogen and oxygen atoms in total. The van der Waals surface area contributed by atoms with Gasteiger partial charge in [-0.1, -0.05) is 19.3 Å². The number of methoxy groups -OCH3 is 1. The molecule has 1 atom stereocenters. The summed E-state index contributed by atoms with van der Waals surface area (Å²) in [6, 6.07) is 7.67. The van der Waals surface area contributed by atoms with Gasteiger partial charge in [-0.05, 0) is 56.4 Å². The Morgan fingerprint density at radius 3 is 2.48 bits per heavy atom. The number of benzene rings is 1. The van der Waals surface area contributed by atoms with Gasteiger partial charge in [-0.3, -0.25) is 9.59 Å². The SMILES string of the molecule is COc1ccc(C(=O)N2CC[C@@]3(CCCN(C4CCCCC4)C3=O)C2)cc1. The molecule has 0 bridgehead atoms. The molecule has 1 aliphatic carbocycles. The summed E-state index contributed by atoms with van der Waals surface area (Å²) >= 11 is 0. The first kappa shape index (κ1) is 18.3. The Morgan fingerprint density at radius 2 is 1.78 bits per heavy atom. The quantitative estimate of drug-likeness (QED) is 0.818. The smallest absolute Gasteiger partial charge is 0.253 e. The lowest BCUT2D eigenvalue weighted by atomic mass is 9.77. The second kappa shape index (κ2) is 7.53. The van der Waals surface area contributed by atoms with E-state index < -0.39 is 0 Å². The molecular weight excluding hydrogens is 340 g/mol. The average Bonchev–Trinajstić information content (AvgIpc) is 3.15. The van der Waals surface area contributed by atoms with Gasteiger partial charge < -0.3 is 14.5 Å². The van der Waals surface area contributed by atoms with Crippen LogP contribution in [0.15, 0.2) is 24.3 Å². The molecule has 27 heavy (non-hydrogen) atoms. The average molecular weight is 370 g/mol. The Kier molecular flexibility index (Phi) is 5.11. The summed E-state index contributed by atoms with van der Waals surface area (Å²) in [7, 11) is 1.62. The van der Waals surface area contributed by atoms with Crippen molar-refractivity contribution in [1.82, 2.24) is 9.80 Å². The van der Waals surface area contributed by atoms with Crippen LogP contribution in [0.1, 0.15) is 61.7 Å². The van der Waals surface area contributed by atoms with E-state index in [1.165, 1.54) is 19.3 Å². The highest BCUT2D eigenvalue weighted by Gasteiger charge is 2.50. The van der Waals surface area contributed by atoms with Gasteiger partial charge in [0.15, 0.2) is 0 Å². The standard InChI is InChI=1S/C22H30N2O3/c1-27-19-10-8-17(9-11-19)20(25)23-15-13-22(16-23)12-5-14-24(21(22)26)18-6-3-2-4-7-18/h8-11,18H,2-7,12-16H2,1H3/t22-/m0/s1. The van der Waals surface area contributed by atoms with Crippen molar-refractivity contribution in [3.63, 3.8) is 0 Å². The van der Waals surface area contributed by atoms with Gasteiger partial charge in [0.2, 0.25) is 5.91 Å². The van der Waals surface area contributed by atoms with E-state index in [0.717, 1.165) is 44.4 Å². The fraction of sp³-hybridized carbons (Fsp3) is 0.636. The number of nitrogens with zero attached hydrogens (tertiary/aromatic N) is 2. The molecule has 2 heterocycles. The Labute approximate surface area is 161 Å². The molecule has 3 aliphatic rings. The van der Waals surface area contributed by atoms with Crippen molar-refractivity contribution in [2.45, 2.75) is 57.4 Å². The Balaban J connectivity index is 1.46. The third kappa shape index (κ3) is 3.44. The van der Waals surface area contributed by atoms with Crippen LogP contribution >= 0.6 is 0 Å². The molecule has 0 aromatic heterocycles. The fourth-order valence-corrected chi connectivity index (χ4v) is 5.18. The van der Waals surface area contributed by atoms with Crippen molar-refractivity contribution in [3.05, 3.63) is 29.8 Å². The number of hydrogen-bond acceptors (Lipinski definition) is 3. The van der Waals surface area contributed by atoms with Gasteiger partial charge in [0, 0.05) is 31.2 Å². The second-order valence-electron chi connectivity index (χ2n) is 8.38. The Hall–Kier alpha value is -2.04. The molecule has 0 unspecified atom stereocenters. The zero-order valence-corrected chi connectivity index (χ0v) is 16.3. The van der Waals surface area contributed by atoms with E-state index in [0.29, 0.717) is 30.6 Å². The Morgan fingerprint density at radius 1 is 1.04 bits per heavy atom. The molecule has 1 saturated carbocycles. The van der Waals surface area contributed by atoms with Gasteiger partial charge in [0.05, 0.1) is 12.5 Å². The van der Waals surface area contributed by atoms with Crippen molar-refractivity contribution in [2.24, 2.45) is 5.41 Å². The summed E-state index contributed by atoms with van der Waals surface area (Å²) in [4.78, 5) is 30.4. The number of likely N-dealkylation sites (tertiary alicyclic amines) is 2. The molecule has 1 aromatic carbocycles. The van der Waals surface area contributed by atoms with Gasteiger partial charge in [0.25, 0.3) is 5.91 Å². The molecule has 3 fully saturated rings. The third-order valence-electron chi connectivity index (χ3n) is 6.76. The summed E-state index contributed by atoms with van der Waals surface area (Å²) in [5.74, 6) is 1.08. The Bertz CT molecular complexity index is 696. The maximum atomic E-state index is 13.4. The molecule has 1 spiro atoms. The molecule has 1 aromatic rings. The van der Waals surface area contributed by atoms with Gasteiger partial charge >= 0.3 is 0 Å². The van der Waals surface area contributed by atoms with Crippen LogP contribution in [0.2, 0.25) is 0 Å². The van der Waals surface area contributed by atoms with Crippen LogP contribution < -0.4 is 4.74 Å². The van der Waals surface area contributed by atoms with E-state index in [4.69, 9.17) is 4.74 Å². The normalized spacial score (nSPS) is 26.6. The van der Waals surface area contributed by atoms with E-state index >= 15 is 0 Å². The molecule has 2 aliphatic heterocycles. The van der Waals surface area contributed by atoms with Crippen LogP contribution in [0.5, 0.6) is 5.75 Å². The largest absolute Gasteiger partial charge is 0.497 e. The number of amides is 2. The van der Waals surface area contributed by atoms with Crippen LogP contribution in [0.25, 0.3) is 0 Å². The number of carbonyl (C=O) groups is 2. The summed E-state index contributed by atoms with van der Waals surface area (Å²) in [6.07, 6.45) is 8.86. The topological polar surface area (TPSA) is 49.9 Å². The number of piperidine rings is 1. The van der Waals surface area contributed by atoms with Crippen LogP contribution in [-0.2, 0) is 4.79 Å². The van der Waals surface area contributed by atoms with Crippen molar-refractivity contribution < 1.29 is 14.3 Å². The molecule has 0 N–H and O–H groups in total. The minimum atomic E-state index is -0.349.